The second-order valence-corrected chi connectivity index (χ2v) is 6.34. The van der Waals surface area contributed by atoms with Gasteiger partial charge in [0.25, 0.3) is 10.0 Å². The fourth-order valence-electron chi connectivity index (χ4n) is 0.719. The summed E-state index contributed by atoms with van der Waals surface area (Å²) in [5.41, 5.74) is 0. The minimum atomic E-state index is -3.48. The van der Waals surface area contributed by atoms with Gasteiger partial charge in [0.15, 0.2) is 14.5 Å². The summed E-state index contributed by atoms with van der Waals surface area (Å²) in [7, 11) is 1.07. The number of aromatic nitrogens is 1. The summed E-state index contributed by atoms with van der Waals surface area (Å²) in [6, 6.07) is 0. The lowest BCUT2D eigenvalue weighted by Gasteiger charge is -2.08. The van der Waals surface area contributed by atoms with Gasteiger partial charge in [-0.05, 0) is 0 Å². The third-order valence-electron chi connectivity index (χ3n) is 1.49. The number of rotatable bonds is 3. The summed E-state index contributed by atoms with van der Waals surface area (Å²) >= 11 is 6.72. The summed E-state index contributed by atoms with van der Waals surface area (Å²) in [6.07, 6.45) is 0. The molecule has 80 valence electrons. The highest BCUT2D eigenvalue weighted by molar-refractivity contribution is 7.91. The average molecular weight is 256 g/mol. The van der Waals surface area contributed by atoms with Crippen LogP contribution in [0.2, 0.25) is 5.15 Å². The molecular formula is C6H10ClN3O2S2. The fraction of sp³-hybridized carbons (Fsp3) is 0.500. The van der Waals surface area contributed by atoms with Crippen LogP contribution in [-0.4, -0.2) is 38.9 Å². The smallest absolute Gasteiger partial charge is 0.255 e. The first-order chi connectivity index (χ1) is 6.39. The maximum absolute atomic E-state index is 11.7. The molecule has 1 aromatic heterocycles. The number of thiazole rings is 1. The Hall–Kier alpha value is -0.370. The van der Waals surface area contributed by atoms with Crippen LogP contribution >= 0.6 is 22.9 Å². The Balaban J connectivity index is 3.26. The minimum Gasteiger partial charge on any atom is -0.365 e. The van der Waals surface area contributed by atoms with Crippen LogP contribution in [0.4, 0.5) is 5.13 Å². The van der Waals surface area contributed by atoms with Crippen molar-refractivity contribution in [2.24, 2.45) is 0 Å². The maximum Gasteiger partial charge on any atom is 0.255 e. The van der Waals surface area contributed by atoms with Crippen LogP contribution in [0.3, 0.4) is 0 Å². The van der Waals surface area contributed by atoms with E-state index in [2.05, 4.69) is 10.3 Å². The Bertz CT molecular complexity index is 426. The molecule has 5 nitrogen and oxygen atoms in total. The van der Waals surface area contributed by atoms with E-state index in [1.54, 1.807) is 7.05 Å². The van der Waals surface area contributed by atoms with E-state index in [9.17, 15) is 8.42 Å². The predicted molar refractivity (Wildman–Crippen MR) is 57.5 cm³/mol. The number of nitrogens with one attached hydrogen (secondary N) is 1. The summed E-state index contributed by atoms with van der Waals surface area (Å²) in [4.78, 5) is 3.84. The molecule has 0 spiro atoms. The van der Waals surface area contributed by atoms with Gasteiger partial charge in [-0.1, -0.05) is 22.9 Å². The first-order valence-electron chi connectivity index (χ1n) is 3.66. The largest absolute Gasteiger partial charge is 0.365 e. The Labute approximate surface area is 91.8 Å². The van der Waals surface area contributed by atoms with Crippen molar-refractivity contribution >= 4 is 38.1 Å². The van der Waals surface area contributed by atoms with Gasteiger partial charge in [-0.2, -0.15) is 0 Å². The van der Waals surface area contributed by atoms with Crippen LogP contribution in [0.15, 0.2) is 4.21 Å². The molecule has 0 aromatic carbocycles. The SMILES string of the molecule is CNc1nc(Cl)c(S(=O)(=O)N(C)C)s1. The summed E-state index contributed by atoms with van der Waals surface area (Å²) in [5.74, 6) is 0. The highest BCUT2D eigenvalue weighted by Gasteiger charge is 2.24. The zero-order chi connectivity index (χ0) is 10.9. The van der Waals surface area contributed by atoms with Gasteiger partial charge in [0, 0.05) is 21.1 Å². The first kappa shape index (κ1) is 11.7. The molecule has 0 saturated heterocycles. The Kier molecular flexibility index (Phi) is 3.36. The van der Waals surface area contributed by atoms with Crippen LogP contribution in [0, 0.1) is 0 Å². The third kappa shape index (κ3) is 2.00. The third-order valence-corrected chi connectivity index (χ3v) is 5.36. The van der Waals surface area contributed by atoms with Crippen LogP contribution in [-0.2, 0) is 10.0 Å². The van der Waals surface area contributed by atoms with Gasteiger partial charge in [-0.3, -0.25) is 0 Å². The second kappa shape index (κ2) is 4.01. The molecule has 1 N–H and O–H groups in total. The number of hydrogen-bond acceptors (Lipinski definition) is 5. The fourth-order valence-corrected chi connectivity index (χ4v) is 3.50. The monoisotopic (exact) mass is 255 g/mol. The molecule has 1 heterocycles. The Morgan fingerprint density at radius 1 is 1.50 bits per heavy atom. The summed E-state index contributed by atoms with van der Waals surface area (Å²) < 4.78 is 24.5. The molecule has 0 amide bonds. The van der Waals surface area contributed by atoms with E-state index < -0.39 is 10.0 Å². The number of anilines is 1. The topological polar surface area (TPSA) is 62.3 Å². The van der Waals surface area contributed by atoms with Gasteiger partial charge in [0.1, 0.15) is 0 Å². The molecule has 0 saturated carbocycles. The molecule has 14 heavy (non-hydrogen) atoms. The van der Waals surface area contributed by atoms with E-state index in [4.69, 9.17) is 11.6 Å². The standard InChI is InChI=1S/C6H10ClN3O2S2/c1-8-6-9-4(7)5(13-6)14(11,12)10(2)3/h1-3H3,(H,8,9). The zero-order valence-corrected chi connectivity index (χ0v) is 10.3. The number of sulfonamides is 1. The zero-order valence-electron chi connectivity index (χ0n) is 7.91. The summed E-state index contributed by atoms with van der Waals surface area (Å²) in [5, 5.41) is 3.23. The predicted octanol–water partition coefficient (Wildman–Crippen LogP) is 1.09. The minimum absolute atomic E-state index is 0.00745. The van der Waals surface area contributed by atoms with Crippen molar-refractivity contribution in [3.63, 3.8) is 0 Å². The van der Waals surface area contributed by atoms with Crippen LogP contribution in [0.25, 0.3) is 0 Å². The lowest BCUT2D eigenvalue weighted by molar-refractivity contribution is 0.523. The van der Waals surface area contributed by atoms with E-state index in [0.29, 0.717) is 5.13 Å². The van der Waals surface area contributed by atoms with Crippen LogP contribution in [0.5, 0.6) is 0 Å². The van der Waals surface area contributed by atoms with Gasteiger partial charge < -0.3 is 5.32 Å². The molecule has 0 aliphatic heterocycles. The van der Waals surface area contributed by atoms with Crippen molar-refractivity contribution in [1.29, 1.82) is 0 Å². The van der Waals surface area contributed by atoms with E-state index in [-0.39, 0.29) is 9.36 Å². The molecule has 0 atom stereocenters. The molecular weight excluding hydrogens is 246 g/mol. The highest BCUT2D eigenvalue weighted by Crippen LogP contribution is 2.32. The van der Waals surface area contributed by atoms with Crippen LogP contribution < -0.4 is 5.32 Å². The van der Waals surface area contributed by atoms with E-state index >= 15 is 0 Å². The van der Waals surface area contributed by atoms with E-state index in [1.807, 2.05) is 0 Å². The second-order valence-electron chi connectivity index (χ2n) is 2.63. The maximum atomic E-state index is 11.7. The average Bonchev–Trinajstić information content (AvgIpc) is 2.47. The molecule has 0 radical (unpaired) electrons. The molecule has 1 aromatic rings. The van der Waals surface area contributed by atoms with Gasteiger partial charge >= 0.3 is 0 Å². The first-order valence-corrected chi connectivity index (χ1v) is 6.29. The highest BCUT2D eigenvalue weighted by atomic mass is 35.5. The molecule has 1 rings (SSSR count). The van der Waals surface area contributed by atoms with Gasteiger partial charge in [-0.15, -0.1) is 0 Å². The summed E-state index contributed by atoms with van der Waals surface area (Å²) in [6.45, 7) is 0. The van der Waals surface area contributed by atoms with Gasteiger partial charge in [0.2, 0.25) is 0 Å². The lowest BCUT2D eigenvalue weighted by Crippen LogP contribution is -2.21. The number of halogens is 1. The molecule has 0 aliphatic rings. The van der Waals surface area contributed by atoms with E-state index in [0.717, 1.165) is 15.6 Å². The van der Waals surface area contributed by atoms with Crippen molar-refractivity contribution in [2.75, 3.05) is 26.5 Å². The molecule has 0 bridgehead atoms. The molecule has 0 unspecified atom stereocenters. The van der Waals surface area contributed by atoms with Gasteiger partial charge in [-0.25, -0.2) is 17.7 Å². The number of nitrogens with zero attached hydrogens (tertiary/aromatic N) is 2. The van der Waals surface area contributed by atoms with Crippen molar-refractivity contribution in [3.05, 3.63) is 5.15 Å². The van der Waals surface area contributed by atoms with Crippen LogP contribution in [0.1, 0.15) is 0 Å². The van der Waals surface area contributed by atoms with E-state index in [1.165, 1.54) is 14.1 Å². The van der Waals surface area contributed by atoms with Crippen molar-refractivity contribution in [2.45, 2.75) is 4.21 Å². The van der Waals surface area contributed by atoms with Gasteiger partial charge in [0.05, 0.1) is 0 Å². The number of hydrogen-bond donors (Lipinski definition) is 1. The molecule has 8 heteroatoms. The Morgan fingerprint density at radius 3 is 2.43 bits per heavy atom. The normalized spacial score (nSPS) is 12.1. The Morgan fingerprint density at radius 2 is 2.07 bits per heavy atom. The van der Waals surface area contributed by atoms with Crippen molar-refractivity contribution in [1.82, 2.24) is 9.29 Å². The molecule has 0 fully saturated rings. The molecule has 0 aliphatic carbocycles. The van der Waals surface area contributed by atoms with Crippen molar-refractivity contribution in [3.8, 4) is 0 Å². The van der Waals surface area contributed by atoms with Crippen molar-refractivity contribution < 1.29 is 8.42 Å². The lowest BCUT2D eigenvalue weighted by atomic mass is 11.0. The quantitative estimate of drug-likeness (QED) is 0.878.